The minimum atomic E-state index is 0.202. The molecular weight excluding hydrogens is 228 g/mol. The van der Waals surface area contributed by atoms with Crippen LogP contribution < -0.4 is 0 Å². The molecule has 0 unspecified atom stereocenters. The Labute approximate surface area is 97.2 Å². The molecule has 0 N–H and O–H groups in total. The summed E-state index contributed by atoms with van der Waals surface area (Å²) in [5.41, 5.74) is 1.89. The van der Waals surface area contributed by atoms with E-state index in [0.29, 0.717) is 27.9 Å². The smallest absolute Gasteiger partial charge is 0.134 e. The minimum Gasteiger partial charge on any atom is -0.361 e. The number of nitriles is 1. The molecule has 2 aromatic heterocycles. The third-order valence-corrected chi connectivity index (χ3v) is 2.67. The molecule has 16 heavy (non-hydrogen) atoms. The molecule has 0 aliphatic rings. The van der Waals surface area contributed by atoms with Gasteiger partial charge < -0.3 is 4.52 Å². The third-order valence-electron chi connectivity index (χ3n) is 2.20. The second kappa shape index (κ2) is 3.99. The van der Waals surface area contributed by atoms with Crippen LogP contribution in [0.15, 0.2) is 10.6 Å². The van der Waals surface area contributed by atoms with Gasteiger partial charge in [-0.2, -0.15) is 10.4 Å². The van der Waals surface area contributed by atoms with Crippen molar-refractivity contribution in [2.24, 2.45) is 7.05 Å². The Morgan fingerprint density at radius 3 is 2.94 bits per heavy atom. The number of nitrogens with zero attached hydrogens (tertiary/aromatic N) is 4. The van der Waals surface area contributed by atoms with Crippen LogP contribution in [0.3, 0.4) is 0 Å². The second-order valence-corrected chi connectivity index (χ2v) is 3.76. The second-order valence-electron chi connectivity index (χ2n) is 3.40. The van der Waals surface area contributed by atoms with Gasteiger partial charge in [0.1, 0.15) is 22.3 Å². The van der Waals surface area contributed by atoms with Gasteiger partial charge in [-0.1, -0.05) is 16.8 Å². The first-order valence-electron chi connectivity index (χ1n) is 4.65. The molecule has 0 atom stereocenters. The van der Waals surface area contributed by atoms with Crippen molar-refractivity contribution in [3.05, 3.63) is 22.5 Å². The van der Waals surface area contributed by atoms with Crippen LogP contribution in [0.2, 0.25) is 5.15 Å². The highest BCUT2D eigenvalue weighted by Crippen LogP contribution is 2.28. The van der Waals surface area contributed by atoms with Crippen molar-refractivity contribution >= 4 is 11.6 Å². The van der Waals surface area contributed by atoms with Crippen molar-refractivity contribution in [3.8, 4) is 17.5 Å². The molecule has 0 fully saturated rings. The van der Waals surface area contributed by atoms with E-state index in [4.69, 9.17) is 21.4 Å². The molecule has 0 spiro atoms. The van der Waals surface area contributed by atoms with E-state index < -0.39 is 0 Å². The van der Waals surface area contributed by atoms with Gasteiger partial charge in [-0.3, -0.25) is 4.68 Å². The van der Waals surface area contributed by atoms with E-state index in [-0.39, 0.29) is 6.42 Å². The Hall–Kier alpha value is -1.80. The van der Waals surface area contributed by atoms with Gasteiger partial charge in [0.15, 0.2) is 0 Å². The van der Waals surface area contributed by atoms with Crippen LogP contribution in [0, 0.1) is 18.3 Å². The zero-order valence-corrected chi connectivity index (χ0v) is 9.62. The molecule has 5 nitrogen and oxygen atoms in total. The molecular formula is C10H9ClN4O. The van der Waals surface area contributed by atoms with E-state index in [1.165, 1.54) is 4.68 Å². The molecule has 0 saturated heterocycles. The van der Waals surface area contributed by atoms with E-state index in [2.05, 4.69) is 16.3 Å². The van der Waals surface area contributed by atoms with Gasteiger partial charge in [-0.15, -0.1) is 0 Å². The number of halogens is 1. The van der Waals surface area contributed by atoms with Gasteiger partial charge in [0.2, 0.25) is 0 Å². The molecule has 0 radical (unpaired) electrons. The van der Waals surface area contributed by atoms with Crippen LogP contribution in [0.25, 0.3) is 11.4 Å². The van der Waals surface area contributed by atoms with Gasteiger partial charge in [0, 0.05) is 18.7 Å². The molecule has 0 amide bonds. The Morgan fingerprint density at radius 1 is 1.62 bits per heavy atom. The van der Waals surface area contributed by atoms with Crippen LogP contribution in [-0.2, 0) is 13.5 Å². The molecule has 2 aromatic rings. The summed E-state index contributed by atoms with van der Waals surface area (Å²) < 4.78 is 6.50. The summed E-state index contributed by atoms with van der Waals surface area (Å²) in [6, 6.07) is 3.82. The summed E-state index contributed by atoms with van der Waals surface area (Å²) in [5.74, 6) is 0.694. The van der Waals surface area contributed by atoms with Crippen molar-refractivity contribution in [1.29, 1.82) is 5.26 Å². The quantitative estimate of drug-likeness (QED) is 0.801. The molecule has 0 aliphatic heterocycles. The number of hydrogen-bond acceptors (Lipinski definition) is 4. The van der Waals surface area contributed by atoms with Crippen molar-refractivity contribution in [3.63, 3.8) is 0 Å². The van der Waals surface area contributed by atoms with E-state index in [9.17, 15) is 0 Å². The van der Waals surface area contributed by atoms with Gasteiger partial charge in [0.05, 0.1) is 12.5 Å². The zero-order chi connectivity index (χ0) is 11.7. The average molecular weight is 237 g/mol. The standard InChI is InChI=1S/C10H9ClN4O/c1-6-5-8(14-16-6)9-7(3-4-12)10(11)15(2)13-9/h5H,3H2,1-2H3. The lowest BCUT2D eigenvalue weighted by Crippen LogP contribution is -1.89. The molecule has 2 rings (SSSR count). The fraction of sp³-hybridized carbons (Fsp3) is 0.300. The summed E-state index contributed by atoms with van der Waals surface area (Å²) in [7, 11) is 1.72. The first kappa shape index (κ1) is 10.7. The van der Waals surface area contributed by atoms with E-state index in [1.807, 2.05) is 0 Å². The van der Waals surface area contributed by atoms with E-state index >= 15 is 0 Å². The first-order chi connectivity index (χ1) is 7.63. The van der Waals surface area contributed by atoms with Gasteiger partial charge >= 0.3 is 0 Å². The summed E-state index contributed by atoms with van der Waals surface area (Å²) in [4.78, 5) is 0. The highest BCUT2D eigenvalue weighted by atomic mass is 35.5. The summed E-state index contributed by atoms with van der Waals surface area (Å²) in [6.07, 6.45) is 0.202. The monoisotopic (exact) mass is 236 g/mol. The predicted molar refractivity (Wildman–Crippen MR) is 57.8 cm³/mol. The maximum Gasteiger partial charge on any atom is 0.134 e. The lowest BCUT2D eigenvalue weighted by atomic mass is 10.1. The van der Waals surface area contributed by atoms with Crippen LogP contribution in [0.5, 0.6) is 0 Å². The SMILES string of the molecule is Cc1cc(-c2nn(C)c(Cl)c2CC#N)no1. The fourth-order valence-electron chi connectivity index (χ4n) is 1.47. The van der Waals surface area contributed by atoms with Gasteiger partial charge in [-0.05, 0) is 6.92 Å². The van der Waals surface area contributed by atoms with Crippen molar-refractivity contribution in [1.82, 2.24) is 14.9 Å². The molecule has 2 heterocycles. The molecule has 0 saturated carbocycles. The Bertz CT molecular complexity index is 564. The Morgan fingerprint density at radius 2 is 2.38 bits per heavy atom. The van der Waals surface area contributed by atoms with Crippen molar-refractivity contribution in [2.45, 2.75) is 13.3 Å². The number of aromatic nitrogens is 3. The average Bonchev–Trinajstić information content (AvgIpc) is 2.78. The Kier molecular flexibility index (Phi) is 2.67. The van der Waals surface area contributed by atoms with Gasteiger partial charge in [0.25, 0.3) is 0 Å². The van der Waals surface area contributed by atoms with E-state index in [0.717, 1.165) is 0 Å². The topological polar surface area (TPSA) is 67.6 Å². The highest BCUT2D eigenvalue weighted by molar-refractivity contribution is 6.30. The van der Waals surface area contributed by atoms with Crippen LogP contribution in [-0.4, -0.2) is 14.9 Å². The van der Waals surface area contributed by atoms with Crippen LogP contribution in [0.1, 0.15) is 11.3 Å². The van der Waals surface area contributed by atoms with Crippen LogP contribution in [0.4, 0.5) is 0 Å². The lowest BCUT2D eigenvalue weighted by Gasteiger charge is -1.92. The maximum absolute atomic E-state index is 8.74. The van der Waals surface area contributed by atoms with Gasteiger partial charge in [-0.25, -0.2) is 0 Å². The van der Waals surface area contributed by atoms with Crippen molar-refractivity contribution in [2.75, 3.05) is 0 Å². The zero-order valence-electron chi connectivity index (χ0n) is 8.86. The van der Waals surface area contributed by atoms with Crippen LogP contribution >= 0.6 is 11.6 Å². The van der Waals surface area contributed by atoms with Crippen molar-refractivity contribution < 1.29 is 4.52 Å². The molecule has 0 aliphatic carbocycles. The largest absolute Gasteiger partial charge is 0.361 e. The number of rotatable bonds is 2. The third kappa shape index (κ3) is 1.68. The molecule has 6 heteroatoms. The normalized spacial score (nSPS) is 10.4. The first-order valence-corrected chi connectivity index (χ1v) is 5.03. The Balaban J connectivity index is 2.56. The number of hydrogen-bond donors (Lipinski definition) is 0. The summed E-state index contributed by atoms with van der Waals surface area (Å²) in [6.45, 7) is 1.80. The summed E-state index contributed by atoms with van der Waals surface area (Å²) in [5, 5.41) is 17.3. The number of aryl methyl sites for hydroxylation is 2. The minimum absolute atomic E-state index is 0.202. The highest BCUT2D eigenvalue weighted by Gasteiger charge is 2.18. The molecule has 82 valence electrons. The van der Waals surface area contributed by atoms with E-state index in [1.54, 1.807) is 20.0 Å². The predicted octanol–water partition coefficient (Wildman–Crippen LogP) is 2.10. The lowest BCUT2D eigenvalue weighted by molar-refractivity contribution is 0.399. The summed E-state index contributed by atoms with van der Waals surface area (Å²) >= 11 is 6.04. The molecule has 0 bridgehead atoms. The maximum atomic E-state index is 8.74. The fourth-order valence-corrected chi connectivity index (χ4v) is 1.66. The molecule has 0 aromatic carbocycles.